The quantitative estimate of drug-likeness (QED) is 0.289. The average molecular weight is 459 g/mol. The molecule has 7 heteroatoms. The van der Waals surface area contributed by atoms with Gasteiger partial charge in [0.15, 0.2) is 5.17 Å². The minimum Gasteiger partial charge on any atom is -0.354 e. The molecular formula is C25H19ClN4OS. The smallest absolute Gasteiger partial charge is 0.243 e. The number of halogens is 1. The van der Waals surface area contributed by atoms with E-state index >= 15 is 0 Å². The van der Waals surface area contributed by atoms with Crippen molar-refractivity contribution in [2.24, 2.45) is 10.2 Å². The number of nitrogens with one attached hydrogen (secondary N) is 1. The predicted octanol–water partition coefficient (Wildman–Crippen LogP) is 6.27. The highest BCUT2D eigenvalue weighted by Gasteiger charge is 2.30. The van der Waals surface area contributed by atoms with Gasteiger partial charge in [0.05, 0.1) is 23.3 Å². The Labute approximate surface area is 194 Å². The van der Waals surface area contributed by atoms with Crippen LogP contribution in [0.2, 0.25) is 5.02 Å². The molecule has 0 aliphatic carbocycles. The predicted molar refractivity (Wildman–Crippen MR) is 135 cm³/mol. The van der Waals surface area contributed by atoms with Crippen LogP contribution in [0.1, 0.15) is 11.1 Å². The van der Waals surface area contributed by atoms with Crippen LogP contribution in [0, 0.1) is 6.92 Å². The van der Waals surface area contributed by atoms with Crippen molar-refractivity contribution < 1.29 is 4.79 Å². The number of aromatic nitrogens is 1. The molecule has 0 atom stereocenters. The van der Waals surface area contributed by atoms with Crippen molar-refractivity contribution in [2.45, 2.75) is 6.92 Å². The molecule has 2 heterocycles. The van der Waals surface area contributed by atoms with Gasteiger partial charge in [0.2, 0.25) is 5.91 Å². The average Bonchev–Trinajstić information content (AvgIpc) is 3.35. The maximum Gasteiger partial charge on any atom is 0.243 e. The van der Waals surface area contributed by atoms with Gasteiger partial charge < -0.3 is 4.98 Å². The summed E-state index contributed by atoms with van der Waals surface area (Å²) >= 11 is 7.47. The van der Waals surface area contributed by atoms with E-state index in [1.807, 2.05) is 79.7 Å². The van der Waals surface area contributed by atoms with Crippen LogP contribution in [-0.4, -0.2) is 28.0 Å². The molecule has 1 aliphatic rings. The molecule has 4 aromatic rings. The van der Waals surface area contributed by atoms with Gasteiger partial charge in [0, 0.05) is 21.5 Å². The van der Waals surface area contributed by atoms with Crippen molar-refractivity contribution >= 4 is 57.2 Å². The number of fused-ring (bicyclic) bond motifs is 1. The van der Waals surface area contributed by atoms with Crippen molar-refractivity contribution in [1.29, 1.82) is 0 Å². The van der Waals surface area contributed by atoms with Crippen LogP contribution in [0.25, 0.3) is 22.2 Å². The van der Waals surface area contributed by atoms with Gasteiger partial charge >= 0.3 is 0 Å². The Bertz CT molecular complexity index is 1370. The molecule has 1 aromatic heterocycles. The normalized spacial score (nSPS) is 15.5. The summed E-state index contributed by atoms with van der Waals surface area (Å²) in [6.07, 6.45) is 1.75. The van der Waals surface area contributed by atoms with Crippen LogP contribution in [0.15, 0.2) is 83.0 Å². The molecule has 0 unspecified atom stereocenters. The lowest BCUT2D eigenvalue weighted by atomic mass is 10.1. The Morgan fingerprint density at radius 2 is 1.78 bits per heavy atom. The van der Waals surface area contributed by atoms with Crippen LogP contribution >= 0.6 is 23.4 Å². The first-order valence-corrected chi connectivity index (χ1v) is 11.5. The summed E-state index contributed by atoms with van der Waals surface area (Å²) < 4.78 is 0. The maximum absolute atomic E-state index is 12.5. The maximum atomic E-state index is 12.5. The fraction of sp³-hybridized carbons (Fsp3) is 0.0800. The number of hydrogen-bond donors (Lipinski definition) is 1. The Morgan fingerprint density at radius 1 is 1.03 bits per heavy atom. The molecule has 1 aliphatic heterocycles. The third-order valence-corrected chi connectivity index (χ3v) is 6.50. The Morgan fingerprint density at radius 3 is 2.59 bits per heavy atom. The number of carbonyl (C=O) groups excluding carboxylic acids is 1. The van der Waals surface area contributed by atoms with Crippen LogP contribution in [0.4, 0.5) is 5.69 Å². The lowest BCUT2D eigenvalue weighted by Gasteiger charge is -2.17. The number of rotatable bonds is 4. The first-order valence-electron chi connectivity index (χ1n) is 10.1. The van der Waals surface area contributed by atoms with Gasteiger partial charge in [0.1, 0.15) is 0 Å². The first-order chi connectivity index (χ1) is 15.6. The number of benzene rings is 3. The highest BCUT2D eigenvalue weighted by Crippen LogP contribution is 2.31. The molecule has 0 spiro atoms. The van der Waals surface area contributed by atoms with Gasteiger partial charge in [-0.15, -0.1) is 5.10 Å². The first kappa shape index (κ1) is 20.5. The van der Waals surface area contributed by atoms with Crippen molar-refractivity contribution in [3.8, 4) is 11.3 Å². The van der Waals surface area contributed by atoms with E-state index in [9.17, 15) is 4.79 Å². The van der Waals surface area contributed by atoms with Gasteiger partial charge in [-0.1, -0.05) is 71.9 Å². The van der Waals surface area contributed by atoms with Crippen LogP contribution < -0.4 is 4.90 Å². The molecule has 5 rings (SSSR count). The largest absolute Gasteiger partial charge is 0.354 e. The summed E-state index contributed by atoms with van der Waals surface area (Å²) in [6, 6.07) is 23.5. The van der Waals surface area contributed by atoms with E-state index in [-0.39, 0.29) is 5.91 Å². The number of para-hydroxylation sites is 2. The van der Waals surface area contributed by atoms with E-state index < -0.39 is 0 Å². The van der Waals surface area contributed by atoms with Gasteiger partial charge in [-0.3, -0.25) is 9.69 Å². The number of amides is 1. The van der Waals surface area contributed by atoms with E-state index in [4.69, 9.17) is 11.6 Å². The zero-order valence-electron chi connectivity index (χ0n) is 17.2. The minimum atomic E-state index is 0.00666. The summed E-state index contributed by atoms with van der Waals surface area (Å²) in [5.41, 5.74) is 5.75. The minimum absolute atomic E-state index is 0.00666. The molecule has 0 bridgehead atoms. The molecule has 3 aromatic carbocycles. The zero-order chi connectivity index (χ0) is 22.1. The highest BCUT2D eigenvalue weighted by atomic mass is 35.5. The van der Waals surface area contributed by atoms with Crippen molar-refractivity contribution in [2.75, 3.05) is 10.7 Å². The fourth-order valence-electron chi connectivity index (χ4n) is 3.77. The number of hydrogen-bond acceptors (Lipinski definition) is 4. The van der Waals surface area contributed by atoms with E-state index in [1.54, 1.807) is 11.1 Å². The Balaban J connectivity index is 1.54. The van der Waals surface area contributed by atoms with Crippen molar-refractivity contribution in [3.63, 3.8) is 0 Å². The lowest BCUT2D eigenvalue weighted by molar-refractivity contribution is -0.115. The highest BCUT2D eigenvalue weighted by molar-refractivity contribution is 8.15. The van der Waals surface area contributed by atoms with Gasteiger partial charge in [-0.25, -0.2) is 0 Å². The number of nitrogens with zero attached hydrogens (tertiary/aromatic N) is 3. The molecular weight excluding hydrogens is 440 g/mol. The molecule has 158 valence electrons. The molecule has 0 radical (unpaired) electrons. The number of carbonyl (C=O) groups is 1. The fourth-order valence-corrected chi connectivity index (χ4v) is 4.71. The number of aromatic amines is 1. The topological polar surface area (TPSA) is 60.8 Å². The molecule has 32 heavy (non-hydrogen) atoms. The third kappa shape index (κ3) is 3.83. The summed E-state index contributed by atoms with van der Waals surface area (Å²) in [7, 11) is 0. The van der Waals surface area contributed by atoms with E-state index in [0.717, 1.165) is 39.0 Å². The number of aryl methyl sites for hydroxylation is 1. The lowest BCUT2D eigenvalue weighted by Crippen LogP contribution is -2.29. The van der Waals surface area contributed by atoms with Crippen molar-refractivity contribution in [3.05, 3.63) is 88.9 Å². The van der Waals surface area contributed by atoms with Crippen molar-refractivity contribution in [1.82, 2.24) is 4.98 Å². The molecule has 1 saturated heterocycles. The molecule has 0 saturated carbocycles. The second-order valence-electron chi connectivity index (χ2n) is 7.40. The molecule has 1 fully saturated rings. The van der Waals surface area contributed by atoms with E-state index in [2.05, 4.69) is 15.2 Å². The second-order valence-corrected chi connectivity index (χ2v) is 8.78. The summed E-state index contributed by atoms with van der Waals surface area (Å²) in [6.45, 7) is 1.98. The van der Waals surface area contributed by atoms with Crippen LogP contribution in [0.5, 0.6) is 0 Å². The second kappa shape index (κ2) is 8.65. The van der Waals surface area contributed by atoms with E-state index in [0.29, 0.717) is 15.9 Å². The van der Waals surface area contributed by atoms with E-state index in [1.165, 1.54) is 11.8 Å². The summed E-state index contributed by atoms with van der Waals surface area (Å²) in [4.78, 5) is 17.6. The SMILES string of the molecule is Cc1ccccc1N1C(=O)CSC1=N/N=C\c1c(-c2ccc(Cl)cc2)[nH]c2ccccc12. The third-order valence-electron chi connectivity index (χ3n) is 5.33. The van der Waals surface area contributed by atoms with Gasteiger partial charge in [-0.05, 0) is 42.3 Å². The number of H-pyrrole nitrogens is 1. The Hall–Kier alpha value is -3.35. The number of amidine groups is 1. The van der Waals surface area contributed by atoms with Gasteiger partial charge in [0.25, 0.3) is 0 Å². The van der Waals surface area contributed by atoms with Crippen LogP contribution in [-0.2, 0) is 4.79 Å². The monoisotopic (exact) mass is 458 g/mol. The summed E-state index contributed by atoms with van der Waals surface area (Å²) in [5, 5.41) is 11.1. The zero-order valence-corrected chi connectivity index (χ0v) is 18.8. The van der Waals surface area contributed by atoms with Gasteiger partial charge in [-0.2, -0.15) is 5.10 Å². The number of anilines is 1. The number of thioether (sulfide) groups is 1. The molecule has 1 amide bonds. The summed E-state index contributed by atoms with van der Waals surface area (Å²) in [5.74, 6) is 0.360. The Kier molecular flexibility index (Phi) is 5.55. The standard InChI is InChI=1S/C25H19ClN4OS/c1-16-6-2-5-9-22(16)30-23(31)15-32-25(30)29-27-14-20-19-7-3-4-8-21(19)28-24(20)17-10-12-18(26)13-11-17/h2-14,28H,15H2,1H3/b27-14-,29-25?. The molecule has 1 N–H and O–H groups in total. The molecule has 5 nitrogen and oxygen atoms in total. The van der Waals surface area contributed by atoms with Crippen LogP contribution in [0.3, 0.4) is 0 Å².